The predicted octanol–water partition coefficient (Wildman–Crippen LogP) is 2.23. The summed E-state index contributed by atoms with van der Waals surface area (Å²) in [5.41, 5.74) is 0. The Morgan fingerprint density at radius 3 is 1.83 bits per heavy atom. The lowest BCUT2D eigenvalue weighted by molar-refractivity contribution is 0.0146. The summed E-state index contributed by atoms with van der Waals surface area (Å²) >= 11 is 0. The topological polar surface area (TPSA) is 39.7 Å². The molecule has 0 fully saturated rings. The number of unbranched alkanes of at least 4 members (excludes halogenated alkanes) is 4. The molecule has 4 nitrogen and oxygen atoms in total. The average Bonchev–Trinajstić information content (AvgIpc) is 2.39. The Bertz CT molecular complexity index is 129. The molecule has 0 atom stereocenters. The number of nitrogens with one attached hydrogen (secondary N) is 1. The minimum atomic E-state index is 0.656. The first-order valence-corrected chi connectivity index (χ1v) is 7.29. The lowest BCUT2D eigenvalue weighted by Crippen LogP contribution is -2.16. The third-order valence-corrected chi connectivity index (χ3v) is 2.63. The highest BCUT2D eigenvalue weighted by Gasteiger charge is 1.92. The van der Waals surface area contributed by atoms with Gasteiger partial charge in [0.15, 0.2) is 0 Å². The van der Waals surface area contributed by atoms with Gasteiger partial charge in [0.25, 0.3) is 0 Å². The van der Waals surface area contributed by atoms with E-state index >= 15 is 0 Å². The van der Waals surface area contributed by atoms with E-state index in [9.17, 15) is 0 Å². The maximum atomic E-state index is 5.48. The minimum Gasteiger partial charge on any atom is -0.379 e. The van der Waals surface area contributed by atoms with Crippen molar-refractivity contribution >= 4 is 0 Å². The molecule has 1 N–H and O–H groups in total. The van der Waals surface area contributed by atoms with E-state index in [4.69, 9.17) is 14.2 Å². The van der Waals surface area contributed by atoms with Gasteiger partial charge in [-0.1, -0.05) is 32.6 Å². The molecule has 0 amide bonds. The van der Waals surface area contributed by atoms with Crippen molar-refractivity contribution in [1.29, 1.82) is 0 Å². The highest BCUT2D eigenvalue weighted by Crippen LogP contribution is 2.02. The maximum absolute atomic E-state index is 5.48. The van der Waals surface area contributed by atoms with Gasteiger partial charge in [-0.2, -0.15) is 0 Å². The van der Waals surface area contributed by atoms with Crippen LogP contribution in [0.1, 0.15) is 39.0 Å². The Morgan fingerprint density at radius 1 is 0.667 bits per heavy atom. The summed E-state index contributed by atoms with van der Waals surface area (Å²) in [5, 5.41) is 3.03. The molecule has 0 saturated carbocycles. The molecule has 0 heterocycles. The molecule has 0 aliphatic carbocycles. The van der Waals surface area contributed by atoms with Crippen molar-refractivity contribution in [2.75, 3.05) is 53.2 Å². The summed E-state index contributed by atoms with van der Waals surface area (Å²) in [5.74, 6) is 0. The van der Waals surface area contributed by atoms with Crippen LogP contribution in [0.5, 0.6) is 0 Å². The first-order valence-electron chi connectivity index (χ1n) is 7.29. The van der Waals surface area contributed by atoms with Crippen LogP contribution in [-0.4, -0.2) is 53.2 Å². The van der Waals surface area contributed by atoms with Crippen LogP contribution in [0.4, 0.5) is 0 Å². The average molecular weight is 261 g/mol. The van der Waals surface area contributed by atoms with Gasteiger partial charge < -0.3 is 19.5 Å². The zero-order valence-corrected chi connectivity index (χ0v) is 12.2. The van der Waals surface area contributed by atoms with Crippen LogP contribution in [0.15, 0.2) is 0 Å². The first kappa shape index (κ1) is 17.8. The smallest absolute Gasteiger partial charge is 0.0701 e. The minimum absolute atomic E-state index is 0.656. The largest absolute Gasteiger partial charge is 0.379 e. The number of hydrogen-bond acceptors (Lipinski definition) is 4. The van der Waals surface area contributed by atoms with E-state index in [0.29, 0.717) is 26.4 Å². The lowest BCUT2D eigenvalue weighted by Gasteiger charge is -2.06. The van der Waals surface area contributed by atoms with Crippen molar-refractivity contribution in [3.8, 4) is 0 Å². The van der Waals surface area contributed by atoms with Gasteiger partial charge in [0.1, 0.15) is 0 Å². The van der Waals surface area contributed by atoms with Gasteiger partial charge in [-0.05, 0) is 13.5 Å². The number of hydrogen-bond donors (Lipinski definition) is 1. The molecular weight excluding hydrogens is 230 g/mol. The van der Waals surface area contributed by atoms with E-state index in [-0.39, 0.29) is 0 Å². The summed E-state index contributed by atoms with van der Waals surface area (Å²) in [6, 6.07) is 0. The molecule has 4 heteroatoms. The molecule has 0 radical (unpaired) electrons. The Balaban J connectivity index is 2.86. The summed E-state index contributed by atoms with van der Waals surface area (Å²) < 4.78 is 16.2. The van der Waals surface area contributed by atoms with E-state index in [1.807, 2.05) is 7.05 Å². The monoisotopic (exact) mass is 261 g/mol. The zero-order chi connectivity index (χ0) is 13.3. The fraction of sp³-hybridized carbons (Fsp3) is 1.00. The van der Waals surface area contributed by atoms with Crippen LogP contribution < -0.4 is 5.32 Å². The SMILES string of the molecule is CCCCCCCOCCOCCOCCNC. The van der Waals surface area contributed by atoms with Crippen molar-refractivity contribution in [2.45, 2.75) is 39.0 Å². The molecule has 18 heavy (non-hydrogen) atoms. The van der Waals surface area contributed by atoms with E-state index in [2.05, 4.69) is 12.2 Å². The van der Waals surface area contributed by atoms with Crippen LogP contribution in [-0.2, 0) is 14.2 Å². The van der Waals surface area contributed by atoms with Crippen LogP contribution >= 0.6 is 0 Å². The standard InChI is InChI=1S/C14H31NO3/c1-3-4-5-6-7-9-16-11-13-18-14-12-17-10-8-15-2/h15H,3-14H2,1-2H3. The maximum Gasteiger partial charge on any atom is 0.0701 e. The third-order valence-electron chi connectivity index (χ3n) is 2.63. The van der Waals surface area contributed by atoms with Crippen molar-refractivity contribution in [2.24, 2.45) is 0 Å². The molecule has 0 aromatic carbocycles. The predicted molar refractivity (Wildman–Crippen MR) is 75.1 cm³/mol. The van der Waals surface area contributed by atoms with Crippen molar-refractivity contribution in [3.05, 3.63) is 0 Å². The molecule has 0 saturated heterocycles. The Kier molecular flexibility index (Phi) is 16.7. The van der Waals surface area contributed by atoms with Crippen molar-refractivity contribution in [1.82, 2.24) is 5.32 Å². The molecule has 0 aromatic heterocycles. The third kappa shape index (κ3) is 15.8. The van der Waals surface area contributed by atoms with Crippen molar-refractivity contribution < 1.29 is 14.2 Å². The molecule has 0 unspecified atom stereocenters. The molecule has 0 rings (SSSR count). The molecule has 0 spiro atoms. The molecule has 0 aromatic rings. The van der Waals surface area contributed by atoms with E-state index in [1.165, 1.54) is 32.1 Å². The second-order valence-corrected chi connectivity index (χ2v) is 4.35. The van der Waals surface area contributed by atoms with Crippen LogP contribution in [0, 0.1) is 0 Å². The van der Waals surface area contributed by atoms with Crippen LogP contribution in [0.25, 0.3) is 0 Å². The number of likely N-dealkylation sites (N-methyl/N-ethyl adjacent to an activating group) is 1. The zero-order valence-electron chi connectivity index (χ0n) is 12.2. The summed E-state index contributed by atoms with van der Waals surface area (Å²) in [6.07, 6.45) is 6.43. The fourth-order valence-electron chi connectivity index (χ4n) is 1.52. The molecule has 0 aliphatic heterocycles. The quantitative estimate of drug-likeness (QED) is 0.459. The molecular formula is C14H31NO3. The van der Waals surface area contributed by atoms with E-state index in [1.54, 1.807) is 0 Å². The normalized spacial score (nSPS) is 11.0. The van der Waals surface area contributed by atoms with Gasteiger partial charge >= 0.3 is 0 Å². The van der Waals surface area contributed by atoms with Gasteiger partial charge in [-0.25, -0.2) is 0 Å². The molecule has 0 bridgehead atoms. The van der Waals surface area contributed by atoms with Crippen LogP contribution in [0.3, 0.4) is 0 Å². The van der Waals surface area contributed by atoms with Crippen molar-refractivity contribution in [3.63, 3.8) is 0 Å². The van der Waals surface area contributed by atoms with Gasteiger partial charge in [-0.15, -0.1) is 0 Å². The second-order valence-electron chi connectivity index (χ2n) is 4.35. The summed E-state index contributed by atoms with van der Waals surface area (Å²) in [4.78, 5) is 0. The lowest BCUT2D eigenvalue weighted by atomic mass is 10.2. The van der Waals surface area contributed by atoms with E-state index < -0.39 is 0 Å². The van der Waals surface area contributed by atoms with Gasteiger partial charge in [0.05, 0.1) is 33.0 Å². The number of rotatable bonds is 15. The fourth-order valence-corrected chi connectivity index (χ4v) is 1.52. The van der Waals surface area contributed by atoms with Gasteiger partial charge in [0.2, 0.25) is 0 Å². The highest BCUT2D eigenvalue weighted by atomic mass is 16.5. The van der Waals surface area contributed by atoms with E-state index in [0.717, 1.165) is 19.8 Å². The second kappa shape index (κ2) is 16.8. The van der Waals surface area contributed by atoms with Gasteiger partial charge in [0, 0.05) is 13.2 Å². The van der Waals surface area contributed by atoms with Crippen LogP contribution in [0.2, 0.25) is 0 Å². The summed E-state index contributed by atoms with van der Waals surface area (Å²) in [6.45, 7) is 7.42. The molecule has 110 valence electrons. The highest BCUT2D eigenvalue weighted by molar-refractivity contribution is 4.42. The number of ether oxygens (including phenoxy) is 3. The Labute approximate surface area is 112 Å². The van der Waals surface area contributed by atoms with Gasteiger partial charge in [-0.3, -0.25) is 0 Å². The Hall–Kier alpha value is -0.160. The molecule has 0 aliphatic rings. The summed E-state index contributed by atoms with van der Waals surface area (Å²) in [7, 11) is 1.92. The first-order chi connectivity index (χ1) is 8.91. The Morgan fingerprint density at radius 2 is 1.22 bits per heavy atom.